The van der Waals surface area contributed by atoms with E-state index in [2.05, 4.69) is 30.2 Å². The molecule has 1 amide bonds. The first-order valence-corrected chi connectivity index (χ1v) is 10.9. The number of hydrogen-bond acceptors (Lipinski definition) is 8. The third-order valence-electron chi connectivity index (χ3n) is 5.35. The summed E-state index contributed by atoms with van der Waals surface area (Å²) in [4.78, 5) is 20.7. The fourth-order valence-corrected chi connectivity index (χ4v) is 3.68. The number of carbonyl (C=O) groups excluding carboxylic acids is 1. The molecule has 0 aliphatic heterocycles. The van der Waals surface area contributed by atoms with Crippen LogP contribution < -0.4 is 15.8 Å². The van der Waals surface area contributed by atoms with Gasteiger partial charge in [-0.1, -0.05) is 6.92 Å². The highest BCUT2D eigenvalue weighted by Gasteiger charge is 2.31. The second kappa shape index (κ2) is 9.81. The Morgan fingerprint density at radius 3 is 2.67 bits per heavy atom. The highest BCUT2D eigenvalue weighted by atomic mass is 19.4. The Hall–Kier alpha value is -4.20. The number of carbonyl (C=O) groups is 1. The second-order valence-electron chi connectivity index (χ2n) is 8.05. The van der Waals surface area contributed by atoms with Crippen molar-refractivity contribution in [1.82, 2.24) is 34.7 Å². The number of amides is 1. The zero-order chi connectivity index (χ0) is 26.0. The van der Waals surface area contributed by atoms with Gasteiger partial charge in [-0.2, -0.15) is 10.1 Å². The number of aromatic nitrogens is 6. The van der Waals surface area contributed by atoms with Crippen LogP contribution in [0.4, 0.5) is 19.1 Å². The number of alkyl halides is 3. The van der Waals surface area contributed by atoms with Crippen molar-refractivity contribution >= 4 is 17.5 Å². The van der Waals surface area contributed by atoms with Crippen molar-refractivity contribution in [3.8, 4) is 17.0 Å². The van der Waals surface area contributed by atoms with Gasteiger partial charge in [-0.25, -0.2) is 9.50 Å². The lowest BCUT2D eigenvalue weighted by Crippen LogP contribution is -2.35. The van der Waals surface area contributed by atoms with Gasteiger partial charge in [0.05, 0.1) is 24.4 Å². The maximum absolute atomic E-state index is 12.8. The molecule has 4 aromatic heterocycles. The monoisotopic (exact) mass is 504 g/mol. The Morgan fingerprint density at radius 1 is 1.25 bits per heavy atom. The number of anilines is 1. The molecular weight excluding hydrogens is 481 g/mol. The molecule has 190 valence electrons. The van der Waals surface area contributed by atoms with Gasteiger partial charge in [0.2, 0.25) is 11.8 Å². The van der Waals surface area contributed by atoms with Gasteiger partial charge in [-0.15, -0.1) is 18.3 Å². The third kappa shape index (κ3) is 5.38. The van der Waals surface area contributed by atoms with Crippen molar-refractivity contribution in [2.24, 2.45) is 0 Å². The SMILES string of the molecule is CC[C@@H](c1ccc(OC(F)(F)F)nc1)n1cc(-c2cc(C(=O)N[C@@H](C)CO)c3nc(N)nn3c2)cn1. The molecule has 0 aliphatic rings. The van der Waals surface area contributed by atoms with Crippen LogP contribution in [0.1, 0.15) is 42.2 Å². The van der Waals surface area contributed by atoms with Gasteiger partial charge in [0, 0.05) is 41.8 Å². The van der Waals surface area contributed by atoms with Crippen molar-refractivity contribution in [3.05, 3.63) is 54.1 Å². The first-order chi connectivity index (χ1) is 17.1. The lowest BCUT2D eigenvalue weighted by molar-refractivity contribution is -0.276. The van der Waals surface area contributed by atoms with Crippen LogP contribution in [0.3, 0.4) is 0 Å². The molecule has 4 rings (SSSR count). The lowest BCUT2D eigenvalue weighted by atomic mass is 10.1. The number of aliphatic hydroxyl groups is 1. The first-order valence-electron chi connectivity index (χ1n) is 10.9. The smallest absolute Gasteiger partial charge is 0.394 e. The molecule has 0 saturated carbocycles. The van der Waals surface area contributed by atoms with Crippen molar-refractivity contribution in [1.29, 1.82) is 0 Å². The summed E-state index contributed by atoms with van der Waals surface area (Å²) >= 11 is 0. The van der Waals surface area contributed by atoms with Crippen LogP contribution in [0.5, 0.6) is 5.88 Å². The lowest BCUT2D eigenvalue weighted by Gasteiger charge is -2.16. The maximum atomic E-state index is 12.8. The van der Waals surface area contributed by atoms with Crippen LogP contribution in [-0.2, 0) is 0 Å². The zero-order valence-electron chi connectivity index (χ0n) is 19.3. The molecule has 11 nitrogen and oxygen atoms in total. The predicted molar refractivity (Wildman–Crippen MR) is 122 cm³/mol. The number of nitrogens with one attached hydrogen (secondary N) is 1. The van der Waals surface area contributed by atoms with E-state index < -0.39 is 24.2 Å². The number of hydrogen-bond donors (Lipinski definition) is 3. The van der Waals surface area contributed by atoms with Crippen molar-refractivity contribution in [2.75, 3.05) is 12.3 Å². The standard InChI is InChI=1S/C22H23F3N8O3/c1-3-17(13-4-5-18(27-7-13)36-22(23,24)25)32-10-15(8-28-32)14-6-16(20(35)29-12(2)11-34)19-30-21(26)31-33(19)9-14/h4-10,12,17,34H,3,11H2,1-2H3,(H2,26,31)(H,29,35)/t12-,17-/m0/s1. The molecule has 0 spiro atoms. The van der Waals surface area contributed by atoms with Crippen LogP contribution in [-0.4, -0.2) is 59.4 Å². The molecule has 4 N–H and O–H groups in total. The molecule has 0 saturated heterocycles. The van der Waals surface area contributed by atoms with Gasteiger partial charge in [0.15, 0.2) is 5.65 Å². The number of halogens is 3. The van der Waals surface area contributed by atoms with Crippen molar-refractivity contribution < 1.29 is 27.8 Å². The van der Waals surface area contributed by atoms with Crippen LogP contribution in [0.15, 0.2) is 43.0 Å². The molecule has 0 bridgehead atoms. The average Bonchev–Trinajstić information content (AvgIpc) is 3.45. The van der Waals surface area contributed by atoms with Crippen LogP contribution >= 0.6 is 0 Å². The van der Waals surface area contributed by atoms with Crippen LogP contribution in [0.2, 0.25) is 0 Å². The maximum Gasteiger partial charge on any atom is 0.574 e. The van der Waals surface area contributed by atoms with E-state index in [9.17, 15) is 23.1 Å². The Balaban J connectivity index is 1.66. The number of nitrogens with two attached hydrogens (primary N) is 1. The summed E-state index contributed by atoms with van der Waals surface area (Å²) in [5, 5.41) is 20.5. The number of aliphatic hydroxyl groups excluding tert-OH is 1. The third-order valence-corrected chi connectivity index (χ3v) is 5.35. The number of fused-ring (bicyclic) bond motifs is 1. The van der Waals surface area contributed by atoms with Gasteiger partial charge in [0.25, 0.3) is 5.91 Å². The van der Waals surface area contributed by atoms with Gasteiger partial charge in [-0.05, 0) is 31.0 Å². The summed E-state index contributed by atoms with van der Waals surface area (Å²) in [5.74, 6) is -1.02. The molecule has 14 heteroatoms. The molecule has 0 unspecified atom stereocenters. The minimum absolute atomic E-state index is 0.0106. The Bertz CT molecular complexity index is 1370. The van der Waals surface area contributed by atoms with Crippen LogP contribution in [0, 0.1) is 0 Å². The Morgan fingerprint density at radius 2 is 2.03 bits per heavy atom. The minimum atomic E-state index is -4.82. The molecule has 0 aromatic carbocycles. The van der Waals surface area contributed by atoms with E-state index in [1.807, 2.05) is 6.92 Å². The van der Waals surface area contributed by atoms with Gasteiger partial charge >= 0.3 is 6.36 Å². The molecule has 2 atom stereocenters. The number of nitrogens with zero attached hydrogens (tertiary/aromatic N) is 6. The molecule has 4 aromatic rings. The van der Waals surface area contributed by atoms with E-state index in [0.717, 1.165) is 6.07 Å². The van der Waals surface area contributed by atoms with E-state index in [-0.39, 0.29) is 29.8 Å². The van der Waals surface area contributed by atoms with Crippen LogP contribution in [0.25, 0.3) is 16.8 Å². The summed E-state index contributed by atoms with van der Waals surface area (Å²) in [7, 11) is 0. The normalized spacial score (nSPS) is 13.5. The second-order valence-corrected chi connectivity index (χ2v) is 8.05. The summed E-state index contributed by atoms with van der Waals surface area (Å²) in [6.45, 7) is 3.32. The van der Waals surface area contributed by atoms with E-state index >= 15 is 0 Å². The molecule has 0 aliphatic carbocycles. The molecular formula is C22H23F3N8O3. The summed E-state index contributed by atoms with van der Waals surface area (Å²) in [6.07, 6.45) is 2.05. The topological polar surface area (TPSA) is 145 Å². The van der Waals surface area contributed by atoms with Crippen molar-refractivity contribution in [3.63, 3.8) is 0 Å². The highest BCUT2D eigenvalue weighted by molar-refractivity contribution is 6.01. The zero-order valence-corrected chi connectivity index (χ0v) is 19.3. The Kier molecular flexibility index (Phi) is 6.79. The fourth-order valence-electron chi connectivity index (χ4n) is 3.68. The molecule has 36 heavy (non-hydrogen) atoms. The molecule has 0 radical (unpaired) electrons. The largest absolute Gasteiger partial charge is 0.574 e. The average molecular weight is 504 g/mol. The Labute approximate surface area is 202 Å². The van der Waals surface area contributed by atoms with Crippen molar-refractivity contribution in [2.45, 2.75) is 38.7 Å². The number of pyridine rings is 2. The number of nitrogen functional groups attached to an aromatic ring is 1. The highest BCUT2D eigenvalue weighted by Crippen LogP contribution is 2.28. The fraction of sp³-hybridized carbons (Fsp3) is 0.318. The van der Waals surface area contributed by atoms with E-state index in [4.69, 9.17) is 5.73 Å². The minimum Gasteiger partial charge on any atom is -0.394 e. The van der Waals surface area contributed by atoms with Gasteiger partial charge < -0.3 is 20.9 Å². The summed E-state index contributed by atoms with van der Waals surface area (Å²) < 4.78 is 44.2. The van der Waals surface area contributed by atoms with Gasteiger partial charge in [-0.3, -0.25) is 9.48 Å². The van der Waals surface area contributed by atoms with E-state index in [0.29, 0.717) is 23.1 Å². The van der Waals surface area contributed by atoms with E-state index in [1.165, 1.54) is 16.8 Å². The molecule has 0 fully saturated rings. The number of ether oxygens (including phenoxy) is 1. The predicted octanol–water partition coefficient (Wildman–Crippen LogP) is 2.58. The number of rotatable bonds is 8. The first kappa shape index (κ1) is 24.9. The molecule has 4 heterocycles. The van der Waals surface area contributed by atoms with E-state index in [1.54, 1.807) is 36.3 Å². The summed E-state index contributed by atoms with van der Waals surface area (Å²) in [6, 6.07) is 3.48. The summed E-state index contributed by atoms with van der Waals surface area (Å²) in [5.41, 5.74) is 8.09. The van der Waals surface area contributed by atoms with Gasteiger partial charge in [0.1, 0.15) is 0 Å². The quantitative estimate of drug-likeness (QED) is 0.332.